The third-order valence-electron chi connectivity index (χ3n) is 5.17. The van der Waals surface area contributed by atoms with Crippen LogP contribution in [0.2, 0.25) is 0 Å². The number of aryl methyl sites for hydroxylation is 1. The topological polar surface area (TPSA) is 81.4 Å². The Morgan fingerprint density at radius 2 is 2.14 bits per heavy atom. The zero-order chi connectivity index (χ0) is 20.8. The van der Waals surface area contributed by atoms with Crippen LogP contribution in [0.25, 0.3) is 0 Å². The van der Waals surface area contributed by atoms with Crippen LogP contribution in [0.1, 0.15) is 36.3 Å². The van der Waals surface area contributed by atoms with Crippen molar-refractivity contribution in [3.05, 3.63) is 46.1 Å². The maximum absolute atomic E-state index is 13.0. The second kappa shape index (κ2) is 9.73. The van der Waals surface area contributed by atoms with Crippen LogP contribution in [0, 0.1) is 5.92 Å². The summed E-state index contributed by atoms with van der Waals surface area (Å²) in [5.74, 6) is 0.714. The van der Waals surface area contributed by atoms with Crippen LogP contribution < -0.4 is 15.6 Å². The van der Waals surface area contributed by atoms with E-state index in [0.717, 1.165) is 38.3 Å². The van der Waals surface area contributed by atoms with Gasteiger partial charge in [-0.1, -0.05) is 13.8 Å². The highest BCUT2D eigenvalue weighted by Crippen LogP contribution is 2.23. The Hall–Kier alpha value is -2.61. The van der Waals surface area contributed by atoms with Gasteiger partial charge in [-0.05, 0) is 18.4 Å². The minimum Gasteiger partial charge on any atom is -0.496 e. The van der Waals surface area contributed by atoms with Gasteiger partial charge in [-0.2, -0.15) is 5.10 Å². The molecule has 8 heteroatoms. The van der Waals surface area contributed by atoms with Crippen molar-refractivity contribution < 1.29 is 9.53 Å². The standard InChI is InChI=1S/C21H31N5O3/c1-16(2)15-24-11-6-17-20(18(29-3)14-19(27)26(17)13-12-24)21(28)22-7-4-9-25-10-5-8-23-25/h5,8,10,14,16H,4,6-7,9,11-13,15H2,1-3H3,(H,22,28). The monoisotopic (exact) mass is 401 g/mol. The molecule has 0 aliphatic carbocycles. The maximum Gasteiger partial charge on any atom is 0.256 e. The fourth-order valence-corrected chi connectivity index (χ4v) is 3.86. The SMILES string of the molecule is COc1cc(=O)n2c(c1C(=O)NCCCn1cccn1)CCN(CC(C)C)CC2. The van der Waals surface area contributed by atoms with Crippen LogP contribution in [0.5, 0.6) is 5.75 Å². The summed E-state index contributed by atoms with van der Waals surface area (Å²) < 4.78 is 8.98. The summed E-state index contributed by atoms with van der Waals surface area (Å²) in [6.07, 6.45) is 5.06. The van der Waals surface area contributed by atoms with Crippen LogP contribution in [0.4, 0.5) is 0 Å². The van der Waals surface area contributed by atoms with Crippen molar-refractivity contribution >= 4 is 5.91 Å². The molecule has 29 heavy (non-hydrogen) atoms. The van der Waals surface area contributed by atoms with E-state index in [0.29, 0.717) is 36.7 Å². The molecular weight excluding hydrogens is 370 g/mol. The highest BCUT2D eigenvalue weighted by atomic mass is 16.5. The molecule has 8 nitrogen and oxygen atoms in total. The Morgan fingerprint density at radius 1 is 1.31 bits per heavy atom. The average molecular weight is 402 g/mol. The van der Waals surface area contributed by atoms with E-state index in [-0.39, 0.29) is 11.5 Å². The van der Waals surface area contributed by atoms with E-state index in [4.69, 9.17) is 4.74 Å². The van der Waals surface area contributed by atoms with Gasteiger partial charge >= 0.3 is 0 Å². The number of pyridine rings is 1. The van der Waals surface area contributed by atoms with Gasteiger partial charge in [-0.15, -0.1) is 0 Å². The van der Waals surface area contributed by atoms with E-state index in [2.05, 4.69) is 29.2 Å². The minimum atomic E-state index is -0.191. The Morgan fingerprint density at radius 3 is 2.83 bits per heavy atom. The molecule has 3 heterocycles. The van der Waals surface area contributed by atoms with E-state index in [9.17, 15) is 9.59 Å². The number of carbonyl (C=O) groups is 1. The molecule has 0 spiro atoms. The molecule has 0 unspecified atom stereocenters. The lowest BCUT2D eigenvalue weighted by molar-refractivity contribution is 0.0947. The van der Waals surface area contributed by atoms with Gasteiger partial charge in [-0.3, -0.25) is 14.3 Å². The lowest BCUT2D eigenvalue weighted by atomic mass is 10.1. The van der Waals surface area contributed by atoms with Gasteiger partial charge in [0.15, 0.2) is 0 Å². The fourth-order valence-electron chi connectivity index (χ4n) is 3.86. The summed E-state index contributed by atoms with van der Waals surface area (Å²) in [6, 6.07) is 3.31. The van der Waals surface area contributed by atoms with Gasteiger partial charge in [0, 0.05) is 69.8 Å². The number of hydrogen-bond donors (Lipinski definition) is 1. The van der Waals surface area contributed by atoms with E-state index < -0.39 is 0 Å². The van der Waals surface area contributed by atoms with E-state index >= 15 is 0 Å². The first-order chi connectivity index (χ1) is 14.0. The zero-order valence-electron chi connectivity index (χ0n) is 17.6. The lowest BCUT2D eigenvalue weighted by Crippen LogP contribution is -2.32. The fraction of sp³-hybridized carbons (Fsp3) is 0.571. The summed E-state index contributed by atoms with van der Waals surface area (Å²) in [7, 11) is 1.50. The highest BCUT2D eigenvalue weighted by molar-refractivity contribution is 5.98. The van der Waals surface area contributed by atoms with Gasteiger partial charge in [-0.25, -0.2) is 0 Å². The third-order valence-corrected chi connectivity index (χ3v) is 5.17. The Balaban J connectivity index is 1.75. The number of amides is 1. The number of hydrogen-bond acceptors (Lipinski definition) is 5. The van der Waals surface area contributed by atoms with Crippen LogP contribution in [-0.2, 0) is 19.5 Å². The minimum absolute atomic E-state index is 0.113. The van der Waals surface area contributed by atoms with Crippen LogP contribution in [0.3, 0.4) is 0 Å². The predicted octanol–water partition coefficient (Wildman–Crippen LogP) is 1.39. The molecule has 0 radical (unpaired) electrons. The molecular formula is C21H31N5O3. The van der Waals surface area contributed by atoms with Crippen molar-refractivity contribution in [1.82, 2.24) is 24.6 Å². The molecule has 158 valence electrons. The van der Waals surface area contributed by atoms with Gasteiger partial charge in [0.05, 0.1) is 7.11 Å². The second-order valence-corrected chi connectivity index (χ2v) is 7.85. The van der Waals surface area contributed by atoms with E-state index in [1.54, 1.807) is 10.8 Å². The predicted molar refractivity (Wildman–Crippen MR) is 111 cm³/mol. The first-order valence-corrected chi connectivity index (χ1v) is 10.3. The van der Waals surface area contributed by atoms with Gasteiger partial charge in [0.1, 0.15) is 11.3 Å². The normalized spacial score (nSPS) is 14.5. The number of rotatable bonds is 8. The lowest BCUT2D eigenvalue weighted by Gasteiger charge is -2.21. The number of methoxy groups -OCH3 is 1. The number of ether oxygens (including phenoxy) is 1. The molecule has 1 aliphatic rings. The zero-order valence-corrected chi connectivity index (χ0v) is 17.6. The summed E-state index contributed by atoms with van der Waals surface area (Å²) in [5, 5.41) is 7.15. The number of aromatic nitrogens is 3. The molecule has 0 fully saturated rings. The quantitative estimate of drug-likeness (QED) is 0.676. The first kappa shape index (κ1) is 21.1. The molecule has 2 aromatic heterocycles. The Kier molecular flexibility index (Phi) is 7.09. The van der Waals surface area contributed by atoms with Crippen LogP contribution in [-0.4, -0.2) is 58.4 Å². The number of nitrogens with zero attached hydrogens (tertiary/aromatic N) is 4. The van der Waals surface area contributed by atoms with Crippen LogP contribution in [0.15, 0.2) is 29.3 Å². The van der Waals surface area contributed by atoms with Crippen molar-refractivity contribution in [1.29, 1.82) is 0 Å². The summed E-state index contributed by atoms with van der Waals surface area (Å²) in [4.78, 5) is 28.0. The van der Waals surface area contributed by atoms with Crippen molar-refractivity contribution in [3.63, 3.8) is 0 Å². The molecule has 0 saturated heterocycles. The van der Waals surface area contributed by atoms with E-state index in [1.165, 1.54) is 13.2 Å². The molecule has 0 atom stereocenters. The summed E-state index contributed by atoms with van der Waals surface area (Å²) in [6.45, 7) is 8.84. The number of fused-ring (bicyclic) bond motifs is 1. The van der Waals surface area contributed by atoms with E-state index in [1.807, 2.05) is 16.9 Å². The molecule has 0 bridgehead atoms. The smallest absolute Gasteiger partial charge is 0.256 e. The van der Waals surface area contributed by atoms with Crippen molar-refractivity contribution in [2.24, 2.45) is 5.92 Å². The molecule has 3 rings (SSSR count). The third kappa shape index (κ3) is 5.26. The maximum atomic E-state index is 13.0. The first-order valence-electron chi connectivity index (χ1n) is 10.3. The summed E-state index contributed by atoms with van der Waals surface area (Å²) in [5.41, 5.74) is 1.14. The molecule has 0 saturated carbocycles. The average Bonchev–Trinajstić information content (AvgIpc) is 3.12. The largest absolute Gasteiger partial charge is 0.496 e. The second-order valence-electron chi connectivity index (χ2n) is 7.85. The van der Waals surface area contributed by atoms with Gasteiger partial charge < -0.3 is 19.5 Å². The molecule has 2 aromatic rings. The molecule has 1 amide bonds. The van der Waals surface area contributed by atoms with Crippen LogP contribution >= 0.6 is 0 Å². The Bertz CT molecular complexity index is 873. The number of nitrogens with one attached hydrogen (secondary N) is 1. The number of carbonyl (C=O) groups excluding carboxylic acids is 1. The summed E-state index contributed by atoms with van der Waals surface area (Å²) >= 11 is 0. The highest BCUT2D eigenvalue weighted by Gasteiger charge is 2.25. The van der Waals surface area contributed by atoms with Gasteiger partial charge in [0.2, 0.25) is 0 Å². The van der Waals surface area contributed by atoms with Gasteiger partial charge in [0.25, 0.3) is 11.5 Å². The van der Waals surface area contributed by atoms with Crippen molar-refractivity contribution in [3.8, 4) is 5.75 Å². The molecule has 0 aromatic carbocycles. The van der Waals surface area contributed by atoms with Crippen molar-refractivity contribution in [2.75, 3.05) is 33.3 Å². The Labute approximate surface area is 171 Å². The van der Waals surface area contributed by atoms with Crippen molar-refractivity contribution in [2.45, 2.75) is 39.8 Å². The molecule has 1 N–H and O–H groups in total. The molecule has 1 aliphatic heterocycles.